The maximum Gasteiger partial charge on any atom is 0.308 e. The summed E-state index contributed by atoms with van der Waals surface area (Å²) in [5, 5.41) is 11.8. The van der Waals surface area contributed by atoms with Gasteiger partial charge in [-0.25, -0.2) is 8.42 Å². The summed E-state index contributed by atoms with van der Waals surface area (Å²) in [4.78, 5) is 23.7. The Morgan fingerprint density at radius 1 is 1.26 bits per heavy atom. The Kier molecular flexibility index (Phi) is 5.09. The van der Waals surface area contributed by atoms with Gasteiger partial charge in [0.2, 0.25) is 5.91 Å². The molecule has 7 heteroatoms. The minimum Gasteiger partial charge on any atom is -0.481 e. The molecule has 1 aromatic rings. The van der Waals surface area contributed by atoms with Crippen LogP contribution in [0.25, 0.3) is 0 Å². The molecule has 0 saturated heterocycles. The number of amides is 1. The molecule has 1 aromatic carbocycles. The molecule has 1 amide bonds. The third-order valence-electron chi connectivity index (χ3n) is 4.47. The van der Waals surface area contributed by atoms with E-state index < -0.39 is 32.4 Å². The zero-order chi connectivity index (χ0) is 17.1. The number of aliphatic carboxylic acids is 1. The third-order valence-corrected chi connectivity index (χ3v) is 6.48. The van der Waals surface area contributed by atoms with E-state index in [1.54, 1.807) is 0 Å². The number of nitrogens with one attached hydrogen (secondary N) is 1. The molecule has 0 heterocycles. The molecule has 1 aliphatic rings. The molecule has 2 N–H and O–H groups in total. The molecule has 1 unspecified atom stereocenters. The molecule has 1 saturated carbocycles. The predicted molar refractivity (Wildman–Crippen MR) is 85.7 cm³/mol. The predicted octanol–water partition coefficient (Wildman–Crippen LogP) is 1.01. The van der Waals surface area contributed by atoms with Crippen molar-refractivity contribution in [2.45, 2.75) is 30.4 Å². The van der Waals surface area contributed by atoms with E-state index in [0.717, 1.165) is 11.8 Å². The second kappa shape index (κ2) is 6.70. The van der Waals surface area contributed by atoms with Crippen molar-refractivity contribution < 1.29 is 23.1 Å². The molecule has 0 aliphatic heterocycles. The number of carbonyl (C=O) groups excluding carboxylic acids is 1. The van der Waals surface area contributed by atoms with Crippen molar-refractivity contribution in [3.8, 4) is 0 Å². The van der Waals surface area contributed by atoms with Gasteiger partial charge in [-0.2, -0.15) is 0 Å². The Bertz CT molecular complexity index is 680. The van der Waals surface area contributed by atoms with Crippen LogP contribution in [0.2, 0.25) is 0 Å². The van der Waals surface area contributed by atoms with Crippen LogP contribution in [0.3, 0.4) is 0 Å². The molecule has 1 aliphatic carbocycles. The number of sulfone groups is 1. The van der Waals surface area contributed by atoms with Crippen molar-refractivity contribution in [2.75, 3.05) is 12.8 Å². The molecule has 1 fully saturated rings. The lowest BCUT2D eigenvalue weighted by atomic mass is 9.83. The second-order valence-electron chi connectivity index (χ2n) is 6.05. The SMILES string of the molecule is CS(=O)(=O)C1(C(=O)NCC(Cc2ccccc2)C(=O)O)CCC1. The number of rotatable bonds is 7. The van der Waals surface area contributed by atoms with E-state index in [2.05, 4.69) is 5.32 Å². The highest BCUT2D eigenvalue weighted by atomic mass is 32.2. The molecule has 2 rings (SSSR count). The molecule has 0 spiro atoms. The number of benzene rings is 1. The summed E-state index contributed by atoms with van der Waals surface area (Å²) in [6.45, 7) is -0.0830. The standard InChI is InChI=1S/C16H21NO5S/c1-23(21,22)16(8-5-9-16)15(20)17-11-13(14(18)19)10-12-6-3-2-4-7-12/h2-4,6-7,13H,5,8-11H2,1H3,(H,17,20)(H,18,19). The van der Waals surface area contributed by atoms with Gasteiger partial charge in [0.1, 0.15) is 4.75 Å². The van der Waals surface area contributed by atoms with Crippen molar-refractivity contribution in [3.05, 3.63) is 35.9 Å². The summed E-state index contributed by atoms with van der Waals surface area (Å²) in [7, 11) is -3.51. The van der Waals surface area contributed by atoms with Gasteiger partial charge < -0.3 is 10.4 Å². The van der Waals surface area contributed by atoms with Crippen molar-refractivity contribution in [1.82, 2.24) is 5.32 Å². The van der Waals surface area contributed by atoms with Crippen LogP contribution in [0.1, 0.15) is 24.8 Å². The van der Waals surface area contributed by atoms with Gasteiger partial charge in [0.05, 0.1) is 5.92 Å². The fourth-order valence-corrected chi connectivity index (χ4v) is 4.23. The van der Waals surface area contributed by atoms with Gasteiger partial charge in [0.25, 0.3) is 0 Å². The third kappa shape index (κ3) is 3.72. The molecule has 126 valence electrons. The van der Waals surface area contributed by atoms with Crippen LogP contribution in [-0.2, 0) is 25.8 Å². The normalized spacial score (nSPS) is 17.8. The van der Waals surface area contributed by atoms with Crippen LogP contribution < -0.4 is 5.32 Å². The van der Waals surface area contributed by atoms with Crippen LogP contribution in [0.4, 0.5) is 0 Å². The van der Waals surface area contributed by atoms with Gasteiger partial charge in [-0.3, -0.25) is 9.59 Å². The topological polar surface area (TPSA) is 101 Å². The molecule has 0 aromatic heterocycles. The van der Waals surface area contributed by atoms with Crippen LogP contribution in [0.15, 0.2) is 30.3 Å². The Morgan fingerprint density at radius 3 is 2.30 bits per heavy atom. The smallest absolute Gasteiger partial charge is 0.308 e. The summed E-state index contributed by atoms with van der Waals surface area (Å²) in [6, 6.07) is 9.12. The molecule has 6 nitrogen and oxygen atoms in total. The number of hydrogen-bond acceptors (Lipinski definition) is 4. The maximum absolute atomic E-state index is 12.3. The number of carbonyl (C=O) groups is 2. The first-order chi connectivity index (χ1) is 10.8. The monoisotopic (exact) mass is 339 g/mol. The number of hydrogen-bond donors (Lipinski definition) is 2. The zero-order valence-electron chi connectivity index (χ0n) is 13.0. The average molecular weight is 339 g/mol. The van der Waals surface area contributed by atoms with E-state index in [-0.39, 0.29) is 13.0 Å². The zero-order valence-corrected chi connectivity index (χ0v) is 13.8. The number of carboxylic acids is 1. The second-order valence-corrected chi connectivity index (χ2v) is 8.38. The quantitative estimate of drug-likeness (QED) is 0.772. The summed E-state index contributed by atoms with van der Waals surface area (Å²) >= 11 is 0. The molecule has 0 radical (unpaired) electrons. The van der Waals surface area contributed by atoms with Gasteiger partial charge >= 0.3 is 5.97 Å². The van der Waals surface area contributed by atoms with E-state index in [1.807, 2.05) is 30.3 Å². The minimum absolute atomic E-state index is 0.0830. The highest BCUT2D eigenvalue weighted by molar-refractivity contribution is 7.93. The van der Waals surface area contributed by atoms with Crippen molar-refractivity contribution in [2.24, 2.45) is 5.92 Å². The van der Waals surface area contributed by atoms with Gasteiger partial charge in [-0.15, -0.1) is 0 Å². The molecular formula is C16H21NO5S. The first kappa shape index (κ1) is 17.5. The fraction of sp³-hybridized carbons (Fsp3) is 0.500. The number of carboxylic acid groups (broad SMARTS) is 1. The Hall–Kier alpha value is -1.89. The molecular weight excluding hydrogens is 318 g/mol. The Morgan fingerprint density at radius 2 is 1.87 bits per heavy atom. The Balaban J connectivity index is 2.02. The van der Waals surface area contributed by atoms with Crippen LogP contribution in [-0.4, -0.2) is 42.9 Å². The van der Waals surface area contributed by atoms with E-state index in [0.29, 0.717) is 19.3 Å². The highest BCUT2D eigenvalue weighted by Gasteiger charge is 2.52. The van der Waals surface area contributed by atoms with Crippen LogP contribution in [0.5, 0.6) is 0 Å². The van der Waals surface area contributed by atoms with Gasteiger partial charge in [-0.05, 0) is 31.2 Å². The lowest BCUT2D eigenvalue weighted by Gasteiger charge is -2.38. The fourth-order valence-electron chi connectivity index (χ4n) is 2.79. The van der Waals surface area contributed by atoms with Gasteiger partial charge in [0.15, 0.2) is 9.84 Å². The summed E-state index contributed by atoms with van der Waals surface area (Å²) in [5.74, 6) is -2.39. The first-order valence-corrected chi connectivity index (χ1v) is 9.40. The van der Waals surface area contributed by atoms with Gasteiger partial charge in [0, 0.05) is 12.8 Å². The van der Waals surface area contributed by atoms with E-state index in [4.69, 9.17) is 0 Å². The summed E-state index contributed by atoms with van der Waals surface area (Å²) in [6.07, 6.45) is 2.63. The van der Waals surface area contributed by atoms with Crippen molar-refractivity contribution in [3.63, 3.8) is 0 Å². The first-order valence-electron chi connectivity index (χ1n) is 7.51. The lowest BCUT2D eigenvalue weighted by molar-refractivity contribution is -0.141. The Labute approximate surface area is 135 Å². The average Bonchev–Trinajstić information content (AvgIpc) is 2.41. The summed E-state index contributed by atoms with van der Waals surface area (Å²) < 4.78 is 22.4. The van der Waals surface area contributed by atoms with Crippen molar-refractivity contribution in [1.29, 1.82) is 0 Å². The van der Waals surface area contributed by atoms with Crippen LogP contribution in [0, 0.1) is 5.92 Å². The van der Waals surface area contributed by atoms with Crippen LogP contribution >= 0.6 is 0 Å². The summed E-state index contributed by atoms with van der Waals surface area (Å²) in [5.41, 5.74) is 0.857. The van der Waals surface area contributed by atoms with Crippen molar-refractivity contribution >= 4 is 21.7 Å². The van der Waals surface area contributed by atoms with E-state index >= 15 is 0 Å². The minimum atomic E-state index is -3.51. The van der Waals surface area contributed by atoms with Gasteiger partial charge in [-0.1, -0.05) is 30.3 Å². The largest absolute Gasteiger partial charge is 0.481 e. The lowest BCUT2D eigenvalue weighted by Crippen LogP contribution is -2.57. The van der Waals surface area contributed by atoms with E-state index in [9.17, 15) is 23.1 Å². The van der Waals surface area contributed by atoms with E-state index in [1.165, 1.54) is 0 Å². The molecule has 23 heavy (non-hydrogen) atoms. The highest BCUT2D eigenvalue weighted by Crippen LogP contribution is 2.39. The maximum atomic E-state index is 12.3. The molecule has 0 bridgehead atoms. The molecule has 1 atom stereocenters.